The van der Waals surface area contributed by atoms with Gasteiger partial charge < -0.3 is 4.98 Å². The summed E-state index contributed by atoms with van der Waals surface area (Å²) in [6.45, 7) is 0. The summed E-state index contributed by atoms with van der Waals surface area (Å²) < 4.78 is 12.6. The third-order valence-corrected chi connectivity index (χ3v) is 1.93. The number of aromatic nitrogens is 1. The van der Waals surface area contributed by atoms with Crippen molar-refractivity contribution >= 4 is 0 Å². The second kappa shape index (κ2) is 3.46. The van der Waals surface area contributed by atoms with Gasteiger partial charge in [0.15, 0.2) is 5.43 Å². The molecule has 0 unspecified atom stereocenters. The molecule has 2 aromatic rings. The average Bonchev–Trinajstić information content (AvgIpc) is 2.19. The summed E-state index contributed by atoms with van der Waals surface area (Å²) in [5, 5.41) is 0. The second-order valence-corrected chi connectivity index (χ2v) is 2.94. The van der Waals surface area contributed by atoms with Gasteiger partial charge in [-0.05, 0) is 29.8 Å². The van der Waals surface area contributed by atoms with Crippen LogP contribution in [0, 0.1) is 5.82 Å². The molecule has 0 saturated carbocycles. The van der Waals surface area contributed by atoms with Crippen molar-refractivity contribution in [2.45, 2.75) is 0 Å². The molecule has 2 nitrogen and oxygen atoms in total. The monoisotopic (exact) mass is 189 g/mol. The van der Waals surface area contributed by atoms with Crippen LogP contribution in [0.2, 0.25) is 0 Å². The van der Waals surface area contributed by atoms with E-state index in [0.717, 1.165) is 5.56 Å². The average molecular weight is 189 g/mol. The van der Waals surface area contributed by atoms with Crippen molar-refractivity contribution in [3.8, 4) is 11.3 Å². The SMILES string of the molecule is O=c1cc[nH]c(-c2ccc(F)cc2)c1. The van der Waals surface area contributed by atoms with Gasteiger partial charge in [-0.1, -0.05) is 0 Å². The van der Waals surface area contributed by atoms with Crippen LogP contribution in [0.5, 0.6) is 0 Å². The molecule has 3 heteroatoms. The van der Waals surface area contributed by atoms with Gasteiger partial charge in [-0.15, -0.1) is 0 Å². The molecule has 0 radical (unpaired) electrons. The zero-order chi connectivity index (χ0) is 9.97. The standard InChI is InChI=1S/C11H8FNO/c12-9-3-1-8(2-4-9)11-7-10(14)5-6-13-11/h1-7H,(H,13,14). The molecule has 0 aliphatic rings. The van der Waals surface area contributed by atoms with E-state index in [2.05, 4.69) is 4.98 Å². The quantitative estimate of drug-likeness (QED) is 0.732. The topological polar surface area (TPSA) is 32.9 Å². The predicted molar refractivity (Wildman–Crippen MR) is 52.5 cm³/mol. The Hall–Kier alpha value is -1.90. The molecule has 14 heavy (non-hydrogen) atoms. The highest BCUT2D eigenvalue weighted by atomic mass is 19.1. The molecule has 0 bridgehead atoms. The van der Waals surface area contributed by atoms with E-state index >= 15 is 0 Å². The van der Waals surface area contributed by atoms with Crippen molar-refractivity contribution in [1.29, 1.82) is 0 Å². The van der Waals surface area contributed by atoms with Crippen molar-refractivity contribution in [1.82, 2.24) is 4.98 Å². The Kier molecular flexibility index (Phi) is 2.14. The third kappa shape index (κ3) is 1.71. The number of nitrogens with one attached hydrogen (secondary N) is 1. The Morgan fingerprint density at radius 3 is 2.43 bits per heavy atom. The van der Waals surface area contributed by atoms with Crippen molar-refractivity contribution in [2.24, 2.45) is 0 Å². The van der Waals surface area contributed by atoms with E-state index < -0.39 is 0 Å². The largest absolute Gasteiger partial charge is 0.361 e. The molecule has 1 aromatic carbocycles. The normalized spacial score (nSPS) is 10.1. The lowest BCUT2D eigenvalue weighted by Crippen LogP contribution is -1.97. The second-order valence-electron chi connectivity index (χ2n) is 2.94. The number of halogens is 1. The van der Waals surface area contributed by atoms with E-state index in [1.807, 2.05) is 0 Å². The third-order valence-electron chi connectivity index (χ3n) is 1.93. The molecular formula is C11H8FNO. The van der Waals surface area contributed by atoms with Crippen LogP contribution in [-0.2, 0) is 0 Å². The van der Waals surface area contributed by atoms with Crippen molar-refractivity contribution in [3.63, 3.8) is 0 Å². The van der Waals surface area contributed by atoms with E-state index in [4.69, 9.17) is 0 Å². The van der Waals surface area contributed by atoms with Gasteiger partial charge >= 0.3 is 0 Å². The molecule has 0 amide bonds. The molecule has 2 rings (SSSR count). The van der Waals surface area contributed by atoms with Gasteiger partial charge in [0.2, 0.25) is 0 Å². The number of aromatic amines is 1. The van der Waals surface area contributed by atoms with E-state index in [9.17, 15) is 9.18 Å². The minimum atomic E-state index is -0.285. The smallest absolute Gasteiger partial charge is 0.182 e. The number of pyridine rings is 1. The van der Waals surface area contributed by atoms with Crippen molar-refractivity contribution in [3.05, 3.63) is 58.6 Å². The summed E-state index contributed by atoms with van der Waals surface area (Å²) in [5.41, 5.74) is 1.42. The highest BCUT2D eigenvalue weighted by Gasteiger charge is 1.97. The van der Waals surface area contributed by atoms with Gasteiger partial charge in [0.25, 0.3) is 0 Å². The number of hydrogen-bond donors (Lipinski definition) is 1. The molecule has 0 saturated heterocycles. The molecule has 0 aliphatic carbocycles. The lowest BCUT2D eigenvalue weighted by molar-refractivity contribution is 0.628. The van der Waals surface area contributed by atoms with Crippen LogP contribution in [0.1, 0.15) is 0 Å². The molecule has 1 aromatic heterocycles. The number of rotatable bonds is 1. The fourth-order valence-corrected chi connectivity index (χ4v) is 1.24. The van der Waals surface area contributed by atoms with Crippen LogP contribution in [0.3, 0.4) is 0 Å². The van der Waals surface area contributed by atoms with E-state index in [1.165, 1.54) is 24.3 Å². The van der Waals surface area contributed by atoms with Crippen LogP contribution in [0.25, 0.3) is 11.3 Å². The van der Waals surface area contributed by atoms with Crippen LogP contribution >= 0.6 is 0 Å². The maximum absolute atomic E-state index is 12.6. The number of H-pyrrole nitrogens is 1. The Morgan fingerprint density at radius 2 is 1.79 bits per heavy atom. The summed E-state index contributed by atoms with van der Waals surface area (Å²) in [6.07, 6.45) is 1.57. The van der Waals surface area contributed by atoms with Crippen molar-refractivity contribution in [2.75, 3.05) is 0 Å². The molecule has 1 heterocycles. The predicted octanol–water partition coefficient (Wildman–Crippen LogP) is 2.18. The van der Waals surface area contributed by atoms with Gasteiger partial charge in [0.05, 0.1) is 0 Å². The molecular weight excluding hydrogens is 181 g/mol. The lowest BCUT2D eigenvalue weighted by Gasteiger charge is -1.99. The van der Waals surface area contributed by atoms with Crippen LogP contribution in [-0.4, -0.2) is 4.98 Å². The van der Waals surface area contributed by atoms with Gasteiger partial charge in [-0.25, -0.2) is 4.39 Å². The number of benzene rings is 1. The van der Waals surface area contributed by atoms with Crippen molar-refractivity contribution < 1.29 is 4.39 Å². The molecule has 0 spiro atoms. The van der Waals surface area contributed by atoms with Gasteiger partial charge in [0.1, 0.15) is 5.82 Å². The molecule has 0 aliphatic heterocycles. The summed E-state index contributed by atoms with van der Waals surface area (Å²) in [5.74, 6) is -0.285. The molecule has 0 fully saturated rings. The van der Waals surface area contributed by atoms with Crippen LogP contribution in [0.15, 0.2) is 47.4 Å². The highest BCUT2D eigenvalue weighted by Crippen LogP contribution is 2.14. The van der Waals surface area contributed by atoms with E-state index in [0.29, 0.717) is 5.69 Å². The first-order valence-corrected chi connectivity index (χ1v) is 4.20. The van der Waals surface area contributed by atoms with Crippen LogP contribution in [0.4, 0.5) is 4.39 Å². The highest BCUT2D eigenvalue weighted by molar-refractivity contribution is 5.58. The zero-order valence-electron chi connectivity index (χ0n) is 7.33. The minimum absolute atomic E-state index is 0.0666. The summed E-state index contributed by atoms with van der Waals surface area (Å²) in [4.78, 5) is 14.0. The molecule has 70 valence electrons. The number of hydrogen-bond acceptors (Lipinski definition) is 1. The Balaban J connectivity index is 2.50. The summed E-state index contributed by atoms with van der Waals surface area (Å²) in [7, 11) is 0. The lowest BCUT2D eigenvalue weighted by atomic mass is 10.1. The Morgan fingerprint density at radius 1 is 1.07 bits per heavy atom. The Labute approximate surface area is 80.0 Å². The Bertz CT molecular complexity index is 487. The van der Waals surface area contributed by atoms with Crippen LogP contribution < -0.4 is 5.43 Å². The maximum atomic E-state index is 12.6. The first-order chi connectivity index (χ1) is 6.75. The molecule has 1 N–H and O–H groups in total. The first kappa shape index (κ1) is 8.69. The van der Waals surface area contributed by atoms with E-state index in [-0.39, 0.29) is 11.2 Å². The summed E-state index contributed by atoms with van der Waals surface area (Å²) >= 11 is 0. The van der Waals surface area contributed by atoms with Gasteiger partial charge in [0, 0.05) is 24.0 Å². The van der Waals surface area contributed by atoms with E-state index in [1.54, 1.807) is 18.3 Å². The molecule has 0 atom stereocenters. The van der Waals surface area contributed by atoms with Gasteiger partial charge in [-0.2, -0.15) is 0 Å². The fraction of sp³-hybridized carbons (Fsp3) is 0. The zero-order valence-corrected chi connectivity index (χ0v) is 7.33. The fourth-order valence-electron chi connectivity index (χ4n) is 1.24. The maximum Gasteiger partial charge on any atom is 0.182 e. The minimum Gasteiger partial charge on any atom is -0.361 e. The first-order valence-electron chi connectivity index (χ1n) is 4.20. The summed E-state index contributed by atoms with van der Waals surface area (Å²) in [6, 6.07) is 8.89. The van der Waals surface area contributed by atoms with Gasteiger partial charge in [-0.3, -0.25) is 4.79 Å².